The van der Waals surface area contributed by atoms with E-state index in [0.717, 1.165) is 11.3 Å². The van der Waals surface area contributed by atoms with E-state index in [1.807, 2.05) is 19.1 Å². The summed E-state index contributed by atoms with van der Waals surface area (Å²) >= 11 is 0. The second-order valence-electron chi connectivity index (χ2n) is 5.57. The van der Waals surface area contributed by atoms with Crippen LogP contribution in [0.1, 0.15) is 23.2 Å². The fraction of sp³-hybridized carbons (Fsp3) is 0.211. The van der Waals surface area contributed by atoms with E-state index in [0.29, 0.717) is 18.3 Å². The number of nitrogens with zero attached hydrogens (tertiary/aromatic N) is 3. The topological polar surface area (TPSA) is 68.5 Å². The van der Waals surface area contributed by atoms with Crippen LogP contribution in [0.4, 0.5) is 4.39 Å². The summed E-state index contributed by atoms with van der Waals surface area (Å²) in [6.07, 6.45) is 0. The average Bonchev–Trinajstić information content (AvgIpc) is 3.14. The lowest BCUT2D eigenvalue weighted by Gasteiger charge is -2.18. The fourth-order valence-corrected chi connectivity index (χ4v) is 2.47. The van der Waals surface area contributed by atoms with Gasteiger partial charge in [0.25, 0.3) is 5.91 Å². The van der Waals surface area contributed by atoms with Crippen LogP contribution >= 0.6 is 0 Å². The Labute approximate surface area is 150 Å². The van der Waals surface area contributed by atoms with E-state index in [2.05, 4.69) is 10.1 Å². The Morgan fingerprint density at radius 1 is 1.23 bits per heavy atom. The Morgan fingerprint density at radius 2 is 2.00 bits per heavy atom. The number of halogens is 1. The summed E-state index contributed by atoms with van der Waals surface area (Å²) in [5.41, 5.74) is 1.06. The Morgan fingerprint density at radius 3 is 2.65 bits per heavy atom. The zero-order valence-corrected chi connectivity index (χ0v) is 14.5. The molecule has 1 aromatic heterocycles. The quantitative estimate of drug-likeness (QED) is 0.676. The first kappa shape index (κ1) is 17.6. The van der Waals surface area contributed by atoms with Gasteiger partial charge in [0.2, 0.25) is 11.7 Å². The molecule has 26 heavy (non-hydrogen) atoms. The maximum atomic E-state index is 13.3. The number of carbonyl (C=O) groups is 1. The van der Waals surface area contributed by atoms with Gasteiger partial charge >= 0.3 is 0 Å². The number of benzene rings is 2. The van der Waals surface area contributed by atoms with Gasteiger partial charge in [-0.05, 0) is 49.4 Å². The van der Waals surface area contributed by atoms with E-state index in [9.17, 15) is 9.18 Å². The summed E-state index contributed by atoms with van der Waals surface area (Å²) in [5.74, 6) is 0.720. The van der Waals surface area contributed by atoms with E-state index in [4.69, 9.17) is 9.26 Å². The molecule has 0 fully saturated rings. The summed E-state index contributed by atoms with van der Waals surface area (Å²) in [4.78, 5) is 18.4. The number of amides is 1. The van der Waals surface area contributed by atoms with Crippen molar-refractivity contribution in [2.24, 2.45) is 0 Å². The van der Waals surface area contributed by atoms with Crippen LogP contribution in [0, 0.1) is 5.82 Å². The molecule has 0 saturated heterocycles. The summed E-state index contributed by atoms with van der Waals surface area (Å²) in [6, 6.07) is 12.8. The summed E-state index contributed by atoms with van der Waals surface area (Å²) in [5, 5.41) is 3.95. The molecule has 134 valence electrons. The van der Waals surface area contributed by atoms with Crippen molar-refractivity contribution >= 4 is 5.91 Å². The van der Waals surface area contributed by atoms with Crippen LogP contribution in [0.15, 0.2) is 53.1 Å². The minimum atomic E-state index is -0.452. The highest BCUT2D eigenvalue weighted by Crippen LogP contribution is 2.20. The van der Waals surface area contributed by atoms with Gasteiger partial charge < -0.3 is 14.2 Å². The number of rotatable bonds is 6. The van der Waals surface area contributed by atoms with Crippen LogP contribution in [0.5, 0.6) is 5.75 Å². The predicted molar refractivity (Wildman–Crippen MR) is 93.1 cm³/mol. The number of carbonyl (C=O) groups excluding carboxylic acids is 1. The zero-order chi connectivity index (χ0) is 18.5. The molecule has 0 radical (unpaired) electrons. The third kappa shape index (κ3) is 3.88. The lowest BCUT2D eigenvalue weighted by atomic mass is 10.2. The Balaban J connectivity index is 1.74. The largest absolute Gasteiger partial charge is 0.497 e. The van der Waals surface area contributed by atoms with Crippen LogP contribution < -0.4 is 4.74 Å². The molecule has 3 aromatic rings. The molecule has 2 aromatic carbocycles. The van der Waals surface area contributed by atoms with E-state index in [-0.39, 0.29) is 18.0 Å². The third-order valence-corrected chi connectivity index (χ3v) is 3.88. The average molecular weight is 355 g/mol. The van der Waals surface area contributed by atoms with Gasteiger partial charge in [0.05, 0.1) is 7.11 Å². The molecule has 3 rings (SSSR count). The van der Waals surface area contributed by atoms with Crippen molar-refractivity contribution in [3.05, 3.63) is 65.8 Å². The molecular weight excluding hydrogens is 337 g/mol. The van der Waals surface area contributed by atoms with Crippen molar-refractivity contribution in [3.8, 4) is 17.1 Å². The molecule has 1 heterocycles. The molecule has 1 amide bonds. The van der Waals surface area contributed by atoms with Gasteiger partial charge in [-0.25, -0.2) is 4.39 Å². The van der Waals surface area contributed by atoms with Gasteiger partial charge in [-0.2, -0.15) is 4.98 Å². The van der Waals surface area contributed by atoms with E-state index in [1.54, 1.807) is 25.3 Å². The van der Waals surface area contributed by atoms with E-state index in [1.165, 1.54) is 23.1 Å². The van der Waals surface area contributed by atoms with Crippen molar-refractivity contribution in [1.82, 2.24) is 15.0 Å². The molecule has 0 unspecified atom stereocenters. The smallest absolute Gasteiger partial charge is 0.254 e. The lowest BCUT2D eigenvalue weighted by Crippen LogP contribution is -2.30. The van der Waals surface area contributed by atoms with Crippen molar-refractivity contribution in [2.75, 3.05) is 13.7 Å². The normalized spacial score (nSPS) is 10.6. The zero-order valence-electron chi connectivity index (χ0n) is 14.5. The highest BCUT2D eigenvalue weighted by atomic mass is 19.1. The molecule has 6 nitrogen and oxygen atoms in total. The first-order chi connectivity index (χ1) is 12.6. The minimum absolute atomic E-state index is 0.148. The molecule has 7 heteroatoms. The Kier molecular flexibility index (Phi) is 5.26. The Bertz CT molecular complexity index is 893. The monoisotopic (exact) mass is 355 g/mol. The fourth-order valence-electron chi connectivity index (χ4n) is 2.47. The van der Waals surface area contributed by atoms with Crippen LogP contribution in [0.3, 0.4) is 0 Å². The number of hydrogen-bond acceptors (Lipinski definition) is 5. The van der Waals surface area contributed by atoms with Crippen LogP contribution in [-0.2, 0) is 6.54 Å². The predicted octanol–water partition coefficient (Wildman–Crippen LogP) is 3.55. The van der Waals surface area contributed by atoms with Gasteiger partial charge in [-0.1, -0.05) is 11.2 Å². The molecule has 0 spiro atoms. The molecular formula is C19H18FN3O3. The van der Waals surface area contributed by atoms with Crippen molar-refractivity contribution < 1.29 is 18.4 Å². The first-order valence-electron chi connectivity index (χ1n) is 8.12. The standard InChI is InChI=1S/C19H18FN3O3/c1-3-23(19(24)14-5-4-6-15(20)11-14)12-17-21-18(22-26-17)13-7-9-16(25-2)10-8-13/h4-11H,3,12H2,1-2H3. The third-order valence-electron chi connectivity index (χ3n) is 3.88. The molecule has 0 aliphatic carbocycles. The second-order valence-corrected chi connectivity index (χ2v) is 5.57. The second kappa shape index (κ2) is 7.77. The van der Waals surface area contributed by atoms with Crippen LogP contribution in [0.2, 0.25) is 0 Å². The van der Waals surface area contributed by atoms with E-state index >= 15 is 0 Å². The van der Waals surface area contributed by atoms with Crippen LogP contribution in [0.25, 0.3) is 11.4 Å². The van der Waals surface area contributed by atoms with Crippen molar-refractivity contribution in [3.63, 3.8) is 0 Å². The molecule has 0 atom stereocenters. The molecule has 0 N–H and O–H groups in total. The maximum absolute atomic E-state index is 13.3. The van der Waals surface area contributed by atoms with Crippen molar-refractivity contribution in [2.45, 2.75) is 13.5 Å². The maximum Gasteiger partial charge on any atom is 0.254 e. The SMILES string of the molecule is CCN(Cc1nc(-c2ccc(OC)cc2)no1)C(=O)c1cccc(F)c1. The molecule has 0 saturated carbocycles. The lowest BCUT2D eigenvalue weighted by molar-refractivity contribution is 0.0734. The highest BCUT2D eigenvalue weighted by molar-refractivity contribution is 5.94. The number of methoxy groups -OCH3 is 1. The van der Waals surface area contributed by atoms with Gasteiger partial charge in [-0.15, -0.1) is 0 Å². The van der Waals surface area contributed by atoms with Gasteiger partial charge in [-0.3, -0.25) is 4.79 Å². The molecule has 0 aliphatic rings. The number of ether oxygens (including phenoxy) is 1. The molecule has 0 bridgehead atoms. The molecule has 0 aliphatic heterocycles. The summed E-state index contributed by atoms with van der Waals surface area (Å²) < 4.78 is 23.7. The van der Waals surface area contributed by atoms with Crippen molar-refractivity contribution in [1.29, 1.82) is 0 Å². The van der Waals surface area contributed by atoms with E-state index < -0.39 is 5.82 Å². The number of aromatic nitrogens is 2. The van der Waals surface area contributed by atoms with Gasteiger partial charge in [0.15, 0.2) is 0 Å². The Hall–Kier alpha value is -3.22. The van der Waals surface area contributed by atoms with Crippen LogP contribution in [-0.4, -0.2) is 34.6 Å². The first-order valence-corrected chi connectivity index (χ1v) is 8.12. The summed E-state index contributed by atoms with van der Waals surface area (Å²) in [7, 11) is 1.59. The van der Waals surface area contributed by atoms with Gasteiger partial charge in [0, 0.05) is 17.7 Å². The highest BCUT2D eigenvalue weighted by Gasteiger charge is 2.18. The van der Waals surface area contributed by atoms with Gasteiger partial charge in [0.1, 0.15) is 18.1 Å². The minimum Gasteiger partial charge on any atom is -0.497 e. The number of hydrogen-bond donors (Lipinski definition) is 0. The summed E-state index contributed by atoms with van der Waals surface area (Å²) in [6.45, 7) is 2.41.